The number of piperazine rings is 1. The van der Waals surface area contributed by atoms with Gasteiger partial charge in [-0.05, 0) is 44.3 Å². The summed E-state index contributed by atoms with van der Waals surface area (Å²) >= 11 is 6.19. The molecule has 8 nitrogen and oxygen atoms in total. The number of hydrogen-bond donors (Lipinski definition) is 1. The molecule has 178 valence electrons. The van der Waals surface area contributed by atoms with E-state index in [0.717, 1.165) is 6.07 Å². The molecule has 3 aromatic rings. The molecule has 34 heavy (non-hydrogen) atoms. The van der Waals surface area contributed by atoms with Gasteiger partial charge in [-0.15, -0.1) is 0 Å². The van der Waals surface area contributed by atoms with Crippen molar-refractivity contribution in [2.75, 3.05) is 26.7 Å². The Morgan fingerprint density at radius 2 is 1.94 bits per heavy atom. The van der Waals surface area contributed by atoms with Crippen molar-refractivity contribution in [3.05, 3.63) is 63.7 Å². The van der Waals surface area contributed by atoms with Crippen LogP contribution in [0.2, 0.25) is 5.02 Å². The van der Waals surface area contributed by atoms with Gasteiger partial charge in [0, 0.05) is 48.3 Å². The van der Waals surface area contributed by atoms with Gasteiger partial charge in [-0.25, -0.2) is 9.18 Å². The second-order valence-corrected chi connectivity index (χ2v) is 8.55. The van der Waals surface area contributed by atoms with Crippen LogP contribution in [0.15, 0.2) is 51.7 Å². The van der Waals surface area contributed by atoms with E-state index in [0.29, 0.717) is 35.4 Å². The van der Waals surface area contributed by atoms with Gasteiger partial charge in [-0.2, -0.15) is 0 Å². The molecule has 2 atom stereocenters. The SMILES string of the molecule is CC(Oc1ccc2c(-c3ccc(F)cc3Cl)cc(=O)oc2c1)C(=O)N1CCN(C)C(C(=O)O)C1. The molecule has 0 radical (unpaired) electrons. The molecule has 0 aliphatic carbocycles. The minimum Gasteiger partial charge on any atom is -0.481 e. The van der Waals surface area contributed by atoms with Gasteiger partial charge in [0.15, 0.2) is 6.10 Å². The molecule has 2 unspecified atom stereocenters. The lowest BCUT2D eigenvalue weighted by Crippen LogP contribution is -2.58. The minimum atomic E-state index is -0.991. The monoisotopic (exact) mass is 488 g/mol. The Kier molecular flexibility index (Phi) is 6.58. The van der Waals surface area contributed by atoms with Crippen molar-refractivity contribution in [2.45, 2.75) is 19.1 Å². The Hall–Kier alpha value is -3.43. The third-order valence-corrected chi connectivity index (χ3v) is 6.16. The van der Waals surface area contributed by atoms with Gasteiger partial charge in [-0.1, -0.05) is 11.6 Å². The molecule has 0 bridgehead atoms. The Labute approximate surface area is 199 Å². The topological polar surface area (TPSA) is 100 Å². The van der Waals surface area contributed by atoms with E-state index >= 15 is 0 Å². The Morgan fingerprint density at radius 1 is 1.18 bits per heavy atom. The normalized spacial score (nSPS) is 17.5. The maximum Gasteiger partial charge on any atom is 0.336 e. The number of rotatable bonds is 5. The number of hydrogen-bond acceptors (Lipinski definition) is 6. The van der Waals surface area contributed by atoms with E-state index in [1.54, 1.807) is 31.0 Å². The average Bonchev–Trinajstić information content (AvgIpc) is 2.78. The lowest BCUT2D eigenvalue weighted by atomic mass is 10.0. The number of nitrogens with zero attached hydrogens (tertiary/aromatic N) is 2. The molecule has 1 saturated heterocycles. The zero-order valence-corrected chi connectivity index (χ0v) is 19.2. The number of fused-ring (bicyclic) bond motifs is 1. The maximum atomic E-state index is 13.5. The predicted molar refractivity (Wildman–Crippen MR) is 124 cm³/mol. The molecule has 2 aromatic carbocycles. The largest absolute Gasteiger partial charge is 0.481 e. The number of benzene rings is 2. The first kappa shape index (κ1) is 23.7. The van der Waals surface area contributed by atoms with E-state index < -0.39 is 29.6 Å². The van der Waals surface area contributed by atoms with Crippen LogP contribution in [-0.4, -0.2) is 65.6 Å². The van der Waals surface area contributed by atoms with Crippen LogP contribution in [0.3, 0.4) is 0 Å². The van der Waals surface area contributed by atoms with E-state index in [2.05, 4.69) is 0 Å². The number of amides is 1. The number of likely N-dealkylation sites (N-methyl/N-ethyl adjacent to an activating group) is 1. The van der Waals surface area contributed by atoms with Crippen molar-refractivity contribution in [3.63, 3.8) is 0 Å². The number of carbonyl (C=O) groups excluding carboxylic acids is 1. The minimum absolute atomic E-state index is 0.0623. The highest BCUT2D eigenvalue weighted by Crippen LogP contribution is 2.34. The van der Waals surface area contributed by atoms with Crippen LogP contribution in [0.1, 0.15) is 6.92 Å². The van der Waals surface area contributed by atoms with Crippen molar-refractivity contribution in [1.29, 1.82) is 0 Å². The van der Waals surface area contributed by atoms with Crippen LogP contribution in [0.5, 0.6) is 5.75 Å². The summed E-state index contributed by atoms with van der Waals surface area (Å²) in [6.07, 6.45) is -0.892. The summed E-state index contributed by atoms with van der Waals surface area (Å²) in [5, 5.41) is 10.1. The summed E-state index contributed by atoms with van der Waals surface area (Å²) < 4.78 is 24.6. The number of halogens is 2. The number of carboxylic acid groups (broad SMARTS) is 1. The third kappa shape index (κ3) is 4.76. The lowest BCUT2D eigenvalue weighted by Gasteiger charge is -2.38. The summed E-state index contributed by atoms with van der Waals surface area (Å²) in [5.74, 6) is -1.53. The van der Waals surface area contributed by atoms with Crippen LogP contribution in [-0.2, 0) is 9.59 Å². The molecular formula is C24H22ClFN2O6. The molecule has 2 heterocycles. The lowest BCUT2D eigenvalue weighted by molar-refractivity contribution is -0.149. The van der Waals surface area contributed by atoms with E-state index in [1.807, 2.05) is 0 Å². The highest BCUT2D eigenvalue weighted by atomic mass is 35.5. The van der Waals surface area contributed by atoms with Crippen molar-refractivity contribution in [1.82, 2.24) is 9.80 Å². The van der Waals surface area contributed by atoms with Gasteiger partial charge < -0.3 is 19.2 Å². The quantitative estimate of drug-likeness (QED) is 0.550. The van der Waals surface area contributed by atoms with Crippen molar-refractivity contribution >= 4 is 34.4 Å². The molecule has 1 fully saturated rings. The molecule has 10 heteroatoms. The van der Waals surface area contributed by atoms with Crippen molar-refractivity contribution in [3.8, 4) is 16.9 Å². The molecule has 1 aliphatic rings. The third-order valence-electron chi connectivity index (χ3n) is 5.84. The average molecular weight is 489 g/mol. The molecule has 1 N–H and O–H groups in total. The van der Waals surface area contributed by atoms with E-state index in [4.69, 9.17) is 20.8 Å². The second-order valence-electron chi connectivity index (χ2n) is 8.14. The summed E-state index contributed by atoms with van der Waals surface area (Å²) in [6, 6.07) is 9.17. The van der Waals surface area contributed by atoms with Crippen LogP contribution < -0.4 is 10.4 Å². The fourth-order valence-corrected chi connectivity index (χ4v) is 4.27. The first-order chi connectivity index (χ1) is 16.1. The Bertz CT molecular complexity index is 1330. The van der Waals surface area contributed by atoms with Crippen LogP contribution in [0, 0.1) is 5.82 Å². The summed E-state index contributed by atoms with van der Waals surface area (Å²) in [7, 11) is 1.71. The van der Waals surface area contributed by atoms with Crippen LogP contribution in [0.25, 0.3) is 22.1 Å². The highest BCUT2D eigenvalue weighted by Gasteiger charge is 2.34. The molecular weight excluding hydrogens is 467 g/mol. The fourth-order valence-electron chi connectivity index (χ4n) is 4.00. The van der Waals surface area contributed by atoms with E-state index in [1.165, 1.54) is 29.2 Å². The van der Waals surface area contributed by atoms with Crippen molar-refractivity contribution < 1.29 is 28.2 Å². The Balaban J connectivity index is 1.58. The molecule has 1 aromatic heterocycles. The molecule has 0 saturated carbocycles. The van der Waals surface area contributed by atoms with Gasteiger partial charge in [0.2, 0.25) is 0 Å². The number of carboxylic acids is 1. The summed E-state index contributed by atoms with van der Waals surface area (Å²) in [4.78, 5) is 39.6. The van der Waals surface area contributed by atoms with Gasteiger partial charge >= 0.3 is 11.6 Å². The van der Waals surface area contributed by atoms with Gasteiger partial charge in [-0.3, -0.25) is 14.5 Å². The molecule has 0 spiro atoms. The maximum absolute atomic E-state index is 13.5. The van der Waals surface area contributed by atoms with E-state index in [-0.39, 0.29) is 23.1 Å². The van der Waals surface area contributed by atoms with Crippen LogP contribution >= 0.6 is 11.6 Å². The van der Waals surface area contributed by atoms with Gasteiger partial charge in [0.05, 0.1) is 5.02 Å². The fraction of sp³-hybridized carbons (Fsp3) is 0.292. The zero-order valence-electron chi connectivity index (χ0n) is 18.5. The number of carbonyl (C=O) groups is 2. The van der Waals surface area contributed by atoms with Crippen LogP contribution in [0.4, 0.5) is 4.39 Å². The van der Waals surface area contributed by atoms with Crippen molar-refractivity contribution in [2.24, 2.45) is 0 Å². The van der Waals surface area contributed by atoms with Gasteiger partial charge in [0.1, 0.15) is 23.2 Å². The number of ether oxygens (including phenoxy) is 1. The first-order valence-electron chi connectivity index (χ1n) is 10.6. The summed E-state index contributed by atoms with van der Waals surface area (Å²) in [6.45, 7) is 2.46. The molecule has 4 rings (SSSR count). The smallest absolute Gasteiger partial charge is 0.336 e. The molecule has 1 aliphatic heterocycles. The summed E-state index contributed by atoms with van der Waals surface area (Å²) in [5.41, 5.74) is 0.539. The van der Waals surface area contributed by atoms with Gasteiger partial charge in [0.25, 0.3) is 5.91 Å². The standard InChI is InChI=1S/C24H22ClFN2O6/c1-13(23(30)28-8-7-27(2)20(12-28)24(31)32)33-15-4-6-17-18(11-22(29)34-21(17)10-15)16-5-3-14(26)9-19(16)25/h3-6,9-11,13,20H,7-8,12H2,1-2H3,(H,31,32). The first-order valence-corrected chi connectivity index (χ1v) is 10.9. The second kappa shape index (κ2) is 9.44. The highest BCUT2D eigenvalue weighted by molar-refractivity contribution is 6.33. The number of aliphatic carboxylic acids is 1. The van der Waals surface area contributed by atoms with E-state index in [9.17, 15) is 23.9 Å². The zero-order chi connectivity index (χ0) is 24.6. The Morgan fingerprint density at radius 3 is 2.65 bits per heavy atom. The molecule has 1 amide bonds. The predicted octanol–water partition coefficient (Wildman–Crippen LogP) is 3.25.